The van der Waals surface area contributed by atoms with E-state index >= 15 is 0 Å². The van der Waals surface area contributed by atoms with Gasteiger partial charge in [0.1, 0.15) is 11.5 Å². The highest BCUT2D eigenvalue weighted by atomic mass is 16.5. The van der Waals surface area contributed by atoms with Gasteiger partial charge in [-0.05, 0) is 44.0 Å². The number of ether oxygens (including phenoxy) is 2. The average Bonchev–Trinajstić information content (AvgIpc) is 2.52. The van der Waals surface area contributed by atoms with Crippen LogP contribution in [-0.4, -0.2) is 31.2 Å². The molecule has 0 saturated heterocycles. The van der Waals surface area contributed by atoms with Crippen molar-refractivity contribution in [3.8, 4) is 11.5 Å². The molecule has 5 heteroatoms. The Bertz CT molecular complexity index is 419. The van der Waals surface area contributed by atoms with Crippen molar-refractivity contribution in [3.63, 3.8) is 0 Å². The minimum atomic E-state index is -0.334. The van der Waals surface area contributed by atoms with Crippen molar-refractivity contribution < 1.29 is 14.3 Å². The molecule has 0 bridgehead atoms. The van der Waals surface area contributed by atoms with E-state index in [0.29, 0.717) is 18.9 Å². The normalized spacial score (nSPS) is 11.0. The highest BCUT2D eigenvalue weighted by molar-refractivity contribution is 5.78. The molecule has 5 nitrogen and oxygen atoms in total. The van der Waals surface area contributed by atoms with E-state index in [2.05, 4.69) is 5.32 Å². The molecule has 0 aliphatic carbocycles. The van der Waals surface area contributed by atoms with Gasteiger partial charge in [-0.2, -0.15) is 0 Å². The zero-order valence-electron chi connectivity index (χ0n) is 13.1. The van der Waals surface area contributed by atoms with Crippen molar-refractivity contribution in [3.05, 3.63) is 24.3 Å². The molecule has 0 fully saturated rings. The van der Waals surface area contributed by atoms with Crippen LogP contribution in [0.2, 0.25) is 0 Å². The summed E-state index contributed by atoms with van der Waals surface area (Å²) in [5.74, 6) is 1.27. The van der Waals surface area contributed by atoms with E-state index in [1.54, 1.807) is 12.1 Å². The summed E-state index contributed by atoms with van der Waals surface area (Å²) in [5, 5.41) is 2.97. The van der Waals surface area contributed by atoms with Gasteiger partial charge in [0.2, 0.25) is 0 Å². The number of carbonyl (C=O) groups is 1. The highest BCUT2D eigenvalue weighted by Crippen LogP contribution is 2.18. The summed E-state index contributed by atoms with van der Waals surface area (Å²) in [5.41, 5.74) is 5.43. The fraction of sp³-hybridized carbons (Fsp3) is 0.562. The van der Waals surface area contributed by atoms with E-state index in [1.807, 2.05) is 32.9 Å². The Morgan fingerprint density at radius 3 is 2.05 bits per heavy atom. The molecule has 1 aromatic carbocycles. The number of hydrogen-bond donors (Lipinski definition) is 2. The standard InChI is InChI=1S/C16H26N2O3/c1-4-16(5-2,12-17)18-15(19)11-21-14-9-7-13(8-10-14)20-6-3/h7-10H,4-6,11-12,17H2,1-3H3,(H,18,19). The second-order valence-corrected chi connectivity index (χ2v) is 4.93. The van der Waals surface area contributed by atoms with Crippen LogP contribution in [0.15, 0.2) is 24.3 Å². The zero-order chi connectivity index (χ0) is 15.7. The van der Waals surface area contributed by atoms with Gasteiger partial charge in [0.15, 0.2) is 6.61 Å². The van der Waals surface area contributed by atoms with Gasteiger partial charge in [-0.3, -0.25) is 4.79 Å². The fourth-order valence-electron chi connectivity index (χ4n) is 2.05. The number of hydrogen-bond acceptors (Lipinski definition) is 4. The first-order chi connectivity index (χ1) is 10.1. The zero-order valence-corrected chi connectivity index (χ0v) is 13.1. The molecular weight excluding hydrogens is 268 g/mol. The van der Waals surface area contributed by atoms with Crippen molar-refractivity contribution in [1.82, 2.24) is 5.32 Å². The lowest BCUT2D eigenvalue weighted by Gasteiger charge is -2.31. The minimum absolute atomic E-state index is 0.0181. The topological polar surface area (TPSA) is 73.6 Å². The van der Waals surface area contributed by atoms with Crippen LogP contribution >= 0.6 is 0 Å². The summed E-state index contributed by atoms with van der Waals surface area (Å²) in [6, 6.07) is 7.21. The van der Waals surface area contributed by atoms with Crippen molar-refractivity contribution in [2.45, 2.75) is 39.2 Å². The molecule has 21 heavy (non-hydrogen) atoms. The van der Waals surface area contributed by atoms with Crippen LogP contribution in [0.1, 0.15) is 33.6 Å². The van der Waals surface area contributed by atoms with Crippen molar-refractivity contribution >= 4 is 5.91 Å². The second kappa shape index (κ2) is 8.52. The molecule has 1 aromatic rings. The molecule has 0 aliphatic rings. The first-order valence-corrected chi connectivity index (χ1v) is 7.45. The van der Waals surface area contributed by atoms with Gasteiger partial charge in [-0.25, -0.2) is 0 Å². The Labute approximate surface area is 126 Å². The number of rotatable bonds is 9. The van der Waals surface area contributed by atoms with Crippen LogP contribution in [-0.2, 0) is 4.79 Å². The van der Waals surface area contributed by atoms with Crippen LogP contribution in [0.3, 0.4) is 0 Å². The number of nitrogens with two attached hydrogens (primary N) is 1. The van der Waals surface area contributed by atoms with Crippen LogP contribution in [0.5, 0.6) is 11.5 Å². The molecule has 0 atom stereocenters. The smallest absolute Gasteiger partial charge is 0.258 e. The summed E-state index contributed by atoms with van der Waals surface area (Å²) >= 11 is 0. The van der Waals surface area contributed by atoms with E-state index in [-0.39, 0.29) is 18.1 Å². The molecule has 0 saturated carbocycles. The SMILES string of the molecule is CCOc1ccc(OCC(=O)NC(CC)(CC)CN)cc1. The first-order valence-electron chi connectivity index (χ1n) is 7.45. The van der Waals surface area contributed by atoms with Gasteiger partial charge in [0.05, 0.1) is 12.1 Å². The predicted octanol–water partition coefficient (Wildman–Crippen LogP) is 2.10. The lowest BCUT2D eigenvalue weighted by Crippen LogP contribution is -2.54. The van der Waals surface area contributed by atoms with Crippen LogP contribution in [0, 0.1) is 0 Å². The Balaban J connectivity index is 2.49. The maximum absolute atomic E-state index is 12.0. The third-order valence-electron chi connectivity index (χ3n) is 3.65. The van der Waals surface area contributed by atoms with Crippen LogP contribution < -0.4 is 20.5 Å². The molecular formula is C16H26N2O3. The number of carbonyl (C=O) groups excluding carboxylic acids is 1. The number of benzene rings is 1. The first kappa shape index (κ1) is 17.3. The maximum Gasteiger partial charge on any atom is 0.258 e. The van der Waals surface area contributed by atoms with E-state index in [1.165, 1.54) is 0 Å². The summed E-state index contributed by atoms with van der Waals surface area (Å²) < 4.78 is 10.8. The van der Waals surface area contributed by atoms with Gasteiger partial charge in [-0.1, -0.05) is 13.8 Å². The van der Waals surface area contributed by atoms with E-state index < -0.39 is 0 Å². The fourth-order valence-corrected chi connectivity index (χ4v) is 2.05. The minimum Gasteiger partial charge on any atom is -0.494 e. The molecule has 0 spiro atoms. The van der Waals surface area contributed by atoms with E-state index in [9.17, 15) is 4.79 Å². The largest absolute Gasteiger partial charge is 0.494 e. The van der Waals surface area contributed by atoms with Gasteiger partial charge < -0.3 is 20.5 Å². The Morgan fingerprint density at radius 2 is 1.62 bits per heavy atom. The third kappa shape index (κ3) is 5.27. The van der Waals surface area contributed by atoms with Crippen molar-refractivity contribution in [2.24, 2.45) is 5.73 Å². The van der Waals surface area contributed by atoms with Crippen LogP contribution in [0.25, 0.3) is 0 Å². The van der Waals surface area contributed by atoms with Crippen molar-refractivity contribution in [1.29, 1.82) is 0 Å². The van der Waals surface area contributed by atoms with Gasteiger partial charge in [0, 0.05) is 6.54 Å². The molecule has 1 rings (SSSR count). The van der Waals surface area contributed by atoms with Gasteiger partial charge in [0.25, 0.3) is 5.91 Å². The number of nitrogens with one attached hydrogen (secondary N) is 1. The monoisotopic (exact) mass is 294 g/mol. The summed E-state index contributed by atoms with van der Waals surface area (Å²) in [6.45, 7) is 7.00. The molecule has 118 valence electrons. The molecule has 0 unspecified atom stereocenters. The number of amides is 1. The van der Waals surface area contributed by atoms with E-state index in [4.69, 9.17) is 15.2 Å². The van der Waals surface area contributed by atoms with Crippen molar-refractivity contribution in [2.75, 3.05) is 19.8 Å². The molecule has 0 aliphatic heterocycles. The lowest BCUT2D eigenvalue weighted by molar-refractivity contribution is -0.125. The second-order valence-electron chi connectivity index (χ2n) is 4.93. The van der Waals surface area contributed by atoms with E-state index in [0.717, 1.165) is 18.6 Å². The summed E-state index contributed by atoms with van der Waals surface area (Å²) in [4.78, 5) is 12.0. The summed E-state index contributed by atoms with van der Waals surface area (Å²) in [7, 11) is 0. The summed E-state index contributed by atoms with van der Waals surface area (Å²) in [6.07, 6.45) is 1.60. The molecule has 0 heterocycles. The molecule has 0 aromatic heterocycles. The average molecular weight is 294 g/mol. The third-order valence-corrected chi connectivity index (χ3v) is 3.65. The Hall–Kier alpha value is -1.75. The Morgan fingerprint density at radius 1 is 1.10 bits per heavy atom. The van der Waals surface area contributed by atoms with Crippen LogP contribution in [0.4, 0.5) is 0 Å². The highest BCUT2D eigenvalue weighted by Gasteiger charge is 2.26. The molecule has 1 amide bonds. The molecule has 3 N–H and O–H groups in total. The quantitative estimate of drug-likeness (QED) is 0.731. The molecule has 0 radical (unpaired) electrons. The maximum atomic E-state index is 12.0. The Kier molecular flexibility index (Phi) is 7.02. The van der Waals surface area contributed by atoms with Gasteiger partial charge in [-0.15, -0.1) is 0 Å². The predicted molar refractivity (Wildman–Crippen MR) is 83.6 cm³/mol. The van der Waals surface area contributed by atoms with Gasteiger partial charge >= 0.3 is 0 Å². The lowest BCUT2D eigenvalue weighted by atomic mass is 9.93.